The second kappa shape index (κ2) is 8.43. The highest BCUT2D eigenvalue weighted by molar-refractivity contribution is 6.32. The number of amides is 3. The number of nitrogens with zero attached hydrogens (tertiary/aromatic N) is 1. The van der Waals surface area contributed by atoms with Crippen LogP contribution in [0.5, 0.6) is 5.75 Å². The van der Waals surface area contributed by atoms with E-state index in [0.29, 0.717) is 34.1 Å². The van der Waals surface area contributed by atoms with Gasteiger partial charge in [0, 0.05) is 33.7 Å². The van der Waals surface area contributed by atoms with Crippen LogP contribution < -0.4 is 20.3 Å². The maximum absolute atomic E-state index is 14.2. The van der Waals surface area contributed by atoms with Crippen LogP contribution in [0.15, 0.2) is 66.9 Å². The number of carbonyl (C=O) groups is 3. The molecule has 1 spiro atoms. The fourth-order valence-corrected chi connectivity index (χ4v) is 6.85. The van der Waals surface area contributed by atoms with Crippen molar-refractivity contribution in [3.63, 3.8) is 0 Å². The number of para-hydroxylation sites is 1. The normalized spacial score (nSPS) is 25.5. The SMILES string of the molecule is COc1ccc(N2C(=O)C3C(Cc4c[nH]c5ccccc45)NC4(C(=O)Nc5c4ccc(Cl)c5C)C3C2=O)cc1. The largest absolute Gasteiger partial charge is 0.497 e. The van der Waals surface area contributed by atoms with E-state index in [9.17, 15) is 14.4 Å². The molecule has 3 aliphatic rings. The zero-order valence-electron chi connectivity index (χ0n) is 21.2. The van der Waals surface area contributed by atoms with E-state index in [1.165, 1.54) is 4.90 Å². The molecule has 0 bridgehead atoms. The van der Waals surface area contributed by atoms with Crippen molar-refractivity contribution < 1.29 is 19.1 Å². The Hall–Kier alpha value is -4.14. The van der Waals surface area contributed by atoms with Crippen LogP contribution in [0, 0.1) is 18.8 Å². The molecule has 4 atom stereocenters. The number of hydrogen-bond donors (Lipinski definition) is 3. The van der Waals surface area contributed by atoms with Crippen LogP contribution in [0.1, 0.15) is 16.7 Å². The van der Waals surface area contributed by atoms with Gasteiger partial charge < -0.3 is 15.0 Å². The summed E-state index contributed by atoms with van der Waals surface area (Å²) in [5.74, 6) is -2.14. The fourth-order valence-electron chi connectivity index (χ4n) is 6.69. The number of aromatic amines is 1. The molecule has 0 radical (unpaired) electrons. The van der Waals surface area contributed by atoms with Gasteiger partial charge in [-0.05, 0) is 60.9 Å². The molecule has 1 aromatic heterocycles. The summed E-state index contributed by atoms with van der Waals surface area (Å²) in [6.45, 7) is 1.83. The van der Waals surface area contributed by atoms with E-state index >= 15 is 0 Å². The number of hydrogen-bond acceptors (Lipinski definition) is 5. The molecule has 2 saturated heterocycles. The highest BCUT2D eigenvalue weighted by Crippen LogP contribution is 2.55. The maximum Gasteiger partial charge on any atom is 0.250 e. The zero-order valence-corrected chi connectivity index (χ0v) is 22.0. The van der Waals surface area contributed by atoms with Gasteiger partial charge in [0.25, 0.3) is 0 Å². The molecule has 4 heterocycles. The minimum absolute atomic E-state index is 0.323. The third-order valence-corrected chi connectivity index (χ3v) is 8.94. The number of halogens is 1. The molecule has 4 aromatic rings. The number of H-pyrrole nitrogens is 1. The van der Waals surface area contributed by atoms with Gasteiger partial charge in [-0.3, -0.25) is 19.7 Å². The van der Waals surface area contributed by atoms with Crippen LogP contribution >= 0.6 is 11.6 Å². The monoisotopic (exact) mass is 540 g/mol. The van der Waals surface area contributed by atoms with Gasteiger partial charge in [0.05, 0.1) is 30.3 Å². The third kappa shape index (κ3) is 3.19. The Morgan fingerprint density at radius 3 is 2.54 bits per heavy atom. The molecular formula is C30H25ClN4O4. The van der Waals surface area contributed by atoms with E-state index < -0.39 is 29.3 Å². The van der Waals surface area contributed by atoms with Gasteiger partial charge >= 0.3 is 0 Å². The second-order valence-corrected chi connectivity index (χ2v) is 10.8. The lowest BCUT2D eigenvalue weighted by Crippen LogP contribution is -2.53. The lowest BCUT2D eigenvalue weighted by Gasteiger charge is -2.29. The standard InChI is InChI=1S/C30H25ClN4O4/c1-15-21(31)12-11-20-26(15)33-29(38)30(20)25-24(23(34-30)13-16-14-32-22-6-4-3-5-19(16)22)27(36)35(28(25)37)17-7-9-18(39-2)10-8-17/h3-12,14,23-25,32,34H,13H2,1-2H3,(H,33,38). The Morgan fingerprint density at radius 1 is 1.00 bits per heavy atom. The van der Waals surface area contributed by atoms with Crippen molar-refractivity contribution in [2.24, 2.45) is 11.8 Å². The number of ether oxygens (including phenoxy) is 1. The number of aromatic nitrogens is 1. The summed E-state index contributed by atoms with van der Waals surface area (Å²) >= 11 is 6.39. The summed E-state index contributed by atoms with van der Waals surface area (Å²) in [5.41, 5.74) is 3.00. The quantitative estimate of drug-likeness (QED) is 0.335. The molecule has 3 N–H and O–H groups in total. The van der Waals surface area contributed by atoms with Crippen LogP contribution in [0.2, 0.25) is 5.02 Å². The van der Waals surface area contributed by atoms with Gasteiger partial charge in [0.15, 0.2) is 0 Å². The van der Waals surface area contributed by atoms with Crippen molar-refractivity contribution in [2.75, 3.05) is 17.3 Å². The lowest BCUT2D eigenvalue weighted by molar-refractivity contribution is -0.130. The molecule has 8 nitrogen and oxygen atoms in total. The Bertz CT molecular complexity index is 1700. The van der Waals surface area contributed by atoms with Crippen molar-refractivity contribution >= 4 is 51.6 Å². The molecule has 2 fully saturated rings. The van der Waals surface area contributed by atoms with Gasteiger partial charge in [-0.25, -0.2) is 4.90 Å². The number of nitrogens with one attached hydrogen (secondary N) is 3. The van der Waals surface area contributed by atoms with Gasteiger partial charge in [-0.2, -0.15) is 0 Å². The van der Waals surface area contributed by atoms with Crippen LogP contribution in [0.3, 0.4) is 0 Å². The highest BCUT2D eigenvalue weighted by Gasteiger charge is 2.70. The second-order valence-electron chi connectivity index (χ2n) is 10.4. The maximum atomic E-state index is 14.2. The van der Waals surface area contributed by atoms with E-state index in [-0.39, 0.29) is 11.8 Å². The van der Waals surface area contributed by atoms with Crippen molar-refractivity contribution in [3.05, 3.63) is 88.6 Å². The summed E-state index contributed by atoms with van der Waals surface area (Å²) in [6, 6.07) is 17.8. The van der Waals surface area contributed by atoms with Crippen LogP contribution in [-0.2, 0) is 26.3 Å². The Labute approximate surface area is 229 Å². The first-order valence-corrected chi connectivity index (χ1v) is 13.2. The summed E-state index contributed by atoms with van der Waals surface area (Å²) in [7, 11) is 1.56. The number of anilines is 2. The zero-order chi connectivity index (χ0) is 27.1. The number of methoxy groups -OCH3 is 1. The first kappa shape index (κ1) is 23.9. The van der Waals surface area contributed by atoms with Crippen LogP contribution in [0.25, 0.3) is 10.9 Å². The smallest absolute Gasteiger partial charge is 0.250 e. The number of fused-ring (bicyclic) bond motifs is 5. The summed E-state index contributed by atoms with van der Waals surface area (Å²) in [5, 5.41) is 8.05. The van der Waals surface area contributed by atoms with E-state index in [1.54, 1.807) is 43.5 Å². The number of benzene rings is 3. The molecule has 7 rings (SSSR count). The van der Waals surface area contributed by atoms with E-state index in [1.807, 2.05) is 37.4 Å². The number of imide groups is 1. The highest BCUT2D eigenvalue weighted by atomic mass is 35.5. The summed E-state index contributed by atoms with van der Waals surface area (Å²) in [4.78, 5) is 46.7. The van der Waals surface area contributed by atoms with Gasteiger partial charge in [0.1, 0.15) is 11.3 Å². The predicted molar refractivity (Wildman–Crippen MR) is 148 cm³/mol. The molecule has 4 unspecified atom stereocenters. The topological polar surface area (TPSA) is 104 Å². The molecule has 9 heteroatoms. The Morgan fingerprint density at radius 2 is 1.77 bits per heavy atom. The third-order valence-electron chi connectivity index (χ3n) is 8.53. The number of rotatable bonds is 4. The first-order chi connectivity index (χ1) is 18.8. The molecular weight excluding hydrogens is 516 g/mol. The Balaban J connectivity index is 1.38. The molecule has 196 valence electrons. The van der Waals surface area contributed by atoms with Crippen molar-refractivity contribution in [1.29, 1.82) is 0 Å². The molecule has 0 aliphatic carbocycles. The van der Waals surface area contributed by atoms with E-state index in [2.05, 4.69) is 15.6 Å². The average molecular weight is 541 g/mol. The van der Waals surface area contributed by atoms with Crippen molar-refractivity contribution in [3.8, 4) is 5.75 Å². The lowest BCUT2D eigenvalue weighted by atomic mass is 9.76. The molecule has 3 aromatic carbocycles. The van der Waals surface area contributed by atoms with Crippen LogP contribution in [0.4, 0.5) is 11.4 Å². The summed E-state index contributed by atoms with van der Waals surface area (Å²) in [6.07, 6.45) is 2.39. The van der Waals surface area contributed by atoms with Crippen molar-refractivity contribution in [2.45, 2.75) is 24.9 Å². The molecule has 3 amide bonds. The molecule has 39 heavy (non-hydrogen) atoms. The fraction of sp³-hybridized carbons (Fsp3) is 0.233. The average Bonchev–Trinajstić information content (AvgIpc) is 3.65. The Kier molecular flexibility index (Phi) is 5.17. The molecule has 3 aliphatic heterocycles. The van der Waals surface area contributed by atoms with Gasteiger partial charge in [-0.1, -0.05) is 35.9 Å². The van der Waals surface area contributed by atoms with Gasteiger partial charge in [0.2, 0.25) is 17.7 Å². The van der Waals surface area contributed by atoms with Crippen molar-refractivity contribution in [1.82, 2.24) is 10.3 Å². The first-order valence-electron chi connectivity index (χ1n) is 12.8. The number of carbonyl (C=O) groups excluding carboxylic acids is 3. The predicted octanol–water partition coefficient (Wildman–Crippen LogP) is 4.31. The van der Waals surface area contributed by atoms with E-state index in [4.69, 9.17) is 16.3 Å². The minimum atomic E-state index is -1.40. The summed E-state index contributed by atoms with van der Waals surface area (Å²) < 4.78 is 5.26. The van der Waals surface area contributed by atoms with Crippen LogP contribution in [-0.4, -0.2) is 35.9 Å². The van der Waals surface area contributed by atoms with Gasteiger partial charge in [-0.15, -0.1) is 0 Å². The minimum Gasteiger partial charge on any atom is -0.497 e. The molecule has 0 saturated carbocycles. The van der Waals surface area contributed by atoms with E-state index in [0.717, 1.165) is 22.0 Å².